The number of benzene rings is 1. The van der Waals surface area contributed by atoms with E-state index in [1.54, 1.807) is 0 Å². The molecular weight excluding hydrogens is 333 g/mol. The van der Waals surface area contributed by atoms with Crippen LogP contribution in [0.4, 0.5) is 0 Å². The van der Waals surface area contributed by atoms with Crippen LogP contribution < -0.4 is 5.32 Å². The zero-order valence-electron chi connectivity index (χ0n) is 12.2. The first-order chi connectivity index (χ1) is 9.69. The second-order valence-corrected chi connectivity index (χ2v) is 7.82. The van der Waals surface area contributed by atoms with Crippen molar-refractivity contribution in [3.05, 3.63) is 28.8 Å². The highest BCUT2D eigenvalue weighted by atomic mass is 35.7. The van der Waals surface area contributed by atoms with Gasteiger partial charge in [-0.05, 0) is 37.5 Å². The van der Waals surface area contributed by atoms with Crippen LogP contribution in [0.3, 0.4) is 0 Å². The maximum absolute atomic E-state index is 12.3. The normalized spacial score (nSPS) is 12.2. The summed E-state index contributed by atoms with van der Waals surface area (Å²) in [5.41, 5.74) is -0.0742. The fourth-order valence-electron chi connectivity index (χ4n) is 2.16. The van der Waals surface area contributed by atoms with Crippen molar-refractivity contribution in [3.8, 4) is 0 Å². The second-order valence-electron chi connectivity index (χ2n) is 4.88. The maximum Gasteiger partial charge on any atom is 0.262 e. The molecule has 0 aliphatic carbocycles. The van der Waals surface area contributed by atoms with E-state index in [0.717, 1.165) is 19.3 Å². The Morgan fingerprint density at radius 3 is 2.14 bits per heavy atom. The fraction of sp³-hybridized carbons (Fsp3) is 0.500. The third-order valence-electron chi connectivity index (χ3n) is 3.87. The summed E-state index contributed by atoms with van der Waals surface area (Å²) in [6.45, 7) is 6.01. The molecule has 0 aromatic heterocycles. The summed E-state index contributed by atoms with van der Waals surface area (Å²) in [4.78, 5) is 12.1. The minimum atomic E-state index is -3.99. The molecule has 0 radical (unpaired) electrons. The minimum absolute atomic E-state index is 0.00529. The molecule has 1 aromatic carbocycles. The molecule has 0 saturated heterocycles. The minimum Gasteiger partial charge on any atom is -0.347 e. The number of hydrogen-bond acceptors (Lipinski definition) is 3. The second kappa shape index (κ2) is 6.99. The number of nitrogens with one attached hydrogen (secondary N) is 1. The molecule has 0 aliphatic rings. The zero-order chi connectivity index (χ0) is 16.3. The molecular formula is C14H19Cl2NO3S. The van der Waals surface area contributed by atoms with E-state index in [1.165, 1.54) is 18.2 Å². The van der Waals surface area contributed by atoms with E-state index < -0.39 is 9.05 Å². The molecule has 1 N–H and O–H groups in total. The average molecular weight is 352 g/mol. The Balaban J connectivity index is 3.15. The lowest BCUT2D eigenvalue weighted by atomic mass is 9.89. The van der Waals surface area contributed by atoms with Crippen molar-refractivity contribution < 1.29 is 13.2 Å². The van der Waals surface area contributed by atoms with Crippen molar-refractivity contribution >= 4 is 37.2 Å². The predicted molar refractivity (Wildman–Crippen MR) is 85.6 cm³/mol. The fourth-order valence-corrected chi connectivity index (χ4v) is 3.65. The molecule has 0 atom stereocenters. The van der Waals surface area contributed by atoms with Gasteiger partial charge >= 0.3 is 0 Å². The van der Waals surface area contributed by atoms with Crippen LogP contribution in [-0.4, -0.2) is 19.9 Å². The first-order valence-electron chi connectivity index (χ1n) is 6.75. The van der Waals surface area contributed by atoms with Crippen molar-refractivity contribution in [2.45, 2.75) is 50.5 Å². The Labute approximate surface area is 135 Å². The molecule has 0 spiro atoms. The van der Waals surface area contributed by atoms with E-state index in [-0.39, 0.29) is 26.9 Å². The summed E-state index contributed by atoms with van der Waals surface area (Å²) in [5.74, 6) is -0.334. The standard InChI is InChI=1S/C14H19Cl2NO3S/c1-4-14(5-2,6-3)17-13(18)10-7-8-11(15)12(9-10)21(16,19)20/h7-9H,4-6H2,1-3H3,(H,17,18). The van der Waals surface area contributed by atoms with Crippen LogP contribution in [0.2, 0.25) is 5.02 Å². The highest BCUT2D eigenvalue weighted by Gasteiger charge is 2.27. The van der Waals surface area contributed by atoms with Gasteiger partial charge in [0.25, 0.3) is 15.0 Å². The van der Waals surface area contributed by atoms with Crippen LogP contribution in [0, 0.1) is 0 Å². The van der Waals surface area contributed by atoms with Gasteiger partial charge in [-0.3, -0.25) is 4.79 Å². The lowest BCUT2D eigenvalue weighted by molar-refractivity contribution is 0.0888. The van der Waals surface area contributed by atoms with Crippen molar-refractivity contribution in [3.63, 3.8) is 0 Å². The van der Waals surface area contributed by atoms with Gasteiger partial charge in [-0.15, -0.1) is 0 Å². The third-order valence-corrected chi connectivity index (χ3v) is 5.67. The molecule has 0 saturated carbocycles. The monoisotopic (exact) mass is 351 g/mol. The smallest absolute Gasteiger partial charge is 0.262 e. The Hall–Kier alpha value is -0.780. The first kappa shape index (κ1) is 18.3. The largest absolute Gasteiger partial charge is 0.347 e. The van der Waals surface area contributed by atoms with E-state index in [2.05, 4.69) is 5.32 Å². The van der Waals surface area contributed by atoms with E-state index in [1.807, 2.05) is 20.8 Å². The van der Waals surface area contributed by atoms with Crippen molar-refractivity contribution in [1.29, 1.82) is 0 Å². The number of carbonyl (C=O) groups is 1. The average Bonchev–Trinajstić information content (AvgIpc) is 2.44. The topological polar surface area (TPSA) is 63.2 Å². The van der Waals surface area contributed by atoms with E-state index >= 15 is 0 Å². The van der Waals surface area contributed by atoms with Crippen LogP contribution in [0.1, 0.15) is 50.4 Å². The summed E-state index contributed by atoms with van der Waals surface area (Å²) in [7, 11) is 1.32. The van der Waals surface area contributed by atoms with Crippen molar-refractivity contribution in [2.75, 3.05) is 0 Å². The molecule has 0 fully saturated rings. The maximum atomic E-state index is 12.3. The van der Waals surface area contributed by atoms with Gasteiger partial charge in [0.05, 0.1) is 5.02 Å². The molecule has 7 heteroatoms. The Morgan fingerprint density at radius 1 is 1.19 bits per heavy atom. The molecule has 0 aliphatic heterocycles. The molecule has 21 heavy (non-hydrogen) atoms. The Kier molecular flexibility index (Phi) is 6.08. The quantitative estimate of drug-likeness (QED) is 0.788. The van der Waals surface area contributed by atoms with Gasteiger partial charge in [0.15, 0.2) is 0 Å². The summed E-state index contributed by atoms with van der Waals surface area (Å²) < 4.78 is 22.9. The van der Waals surface area contributed by atoms with Gasteiger partial charge in [-0.1, -0.05) is 32.4 Å². The summed E-state index contributed by atoms with van der Waals surface area (Å²) in [5, 5.41) is 2.97. The SMILES string of the molecule is CCC(CC)(CC)NC(=O)c1ccc(Cl)c(S(=O)(=O)Cl)c1. The molecule has 1 amide bonds. The van der Waals surface area contributed by atoms with Crippen LogP contribution >= 0.6 is 22.3 Å². The number of hydrogen-bond donors (Lipinski definition) is 1. The van der Waals surface area contributed by atoms with Crippen molar-refractivity contribution in [2.24, 2.45) is 0 Å². The van der Waals surface area contributed by atoms with E-state index in [4.69, 9.17) is 22.3 Å². The lowest BCUT2D eigenvalue weighted by Gasteiger charge is -2.31. The molecule has 0 bridgehead atoms. The van der Waals surface area contributed by atoms with Gasteiger partial charge < -0.3 is 5.32 Å². The summed E-state index contributed by atoms with van der Waals surface area (Å²) in [6, 6.07) is 4.04. The number of halogens is 2. The lowest BCUT2D eigenvalue weighted by Crippen LogP contribution is -2.47. The molecule has 4 nitrogen and oxygen atoms in total. The van der Waals surface area contributed by atoms with E-state index in [0.29, 0.717) is 0 Å². The summed E-state index contributed by atoms with van der Waals surface area (Å²) >= 11 is 5.81. The number of carbonyl (C=O) groups excluding carboxylic acids is 1. The summed E-state index contributed by atoms with van der Waals surface area (Å²) in [6.07, 6.45) is 2.37. The highest BCUT2D eigenvalue weighted by Crippen LogP contribution is 2.26. The van der Waals surface area contributed by atoms with Crippen LogP contribution in [0.25, 0.3) is 0 Å². The molecule has 1 aromatic rings. The van der Waals surface area contributed by atoms with Gasteiger partial charge in [0.2, 0.25) is 0 Å². The van der Waals surface area contributed by atoms with Gasteiger partial charge in [-0.2, -0.15) is 0 Å². The van der Waals surface area contributed by atoms with Crippen molar-refractivity contribution in [1.82, 2.24) is 5.32 Å². The number of rotatable bonds is 6. The van der Waals surface area contributed by atoms with Gasteiger partial charge in [0, 0.05) is 21.8 Å². The molecule has 118 valence electrons. The number of amides is 1. The zero-order valence-corrected chi connectivity index (χ0v) is 14.6. The van der Waals surface area contributed by atoms with Crippen LogP contribution in [0.5, 0.6) is 0 Å². The molecule has 1 rings (SSSR count). The van der Waals surface area contributed by atoms with E-state index in [9.17, 15) is 13.2 Å². The van der Waals surface area contributed by atoms with Gasteiger partial charge in [0.1, 0.15) is 4.90 Å². The van der Waals surface area contributed by atoms with Crippen LogP contribution in [-0.2, 0) is 9.05 Å². The van der Waals surface area contributed by atoms with Crippen LogP contribution in [0.15, 0.2) is 23.1 Å². The van der Waals surface area contributed by atoms with Gasteiger partial charge in [-0.25, -0.2) is 8.42 Å². The Bertz CT molecular complexity index is 617. The molecule has 0 heterocycles. The first-order valence-corrected chi connectivity index (χ1v) is 9.44. The highest BCUT2D eigenvalue weighted by molar-refractivity contribution is 8.13. The predicted octanol–water partition coefficient (Wildman–Crippen LogP) is 3.97. The Morgan fingerprint density at radius 2 is 1.71 bits per heavy atom. The third kappa shape index (κ3) is 4.34. The molecule has 0 unspecified atom stereocenters.